The molecule has 25 heavy (non-hydrogen) atoms. The number of aryl methyl sites for hydroxylation is 1. The molecule has 0 atom stereocenters. The molecule has 130 valence electrons. The normalized spacial score (nSPS) is 10.9. The Labute approximate surface area is 154 Å². The number of thioether (sulfide) groups is 1. The first-order valence-corrected chi connectivity index (χ1v) is 10.0. The van der Waals surface area contributed by atoms with Gasteiger partial charge < -0.3 is 5.32 Å². The number of nitrogens with zero attached hydrogens (tertiary/aromatic N) is 2. The van der Waals surface area contributed by atoms with Crippen molar-refractivity contribution in [1.82, 2.24) is 14.7 Å². The average molecular weight is 374 g/mol. The van der Waals surface area contributed by atoms with Crippen LogP contribution in [-0.2, 0) is 17.0 Å². The largest absolute Gasteiger partial charge is 0.355 e. The molecule has 0 saturated carbocycles. The second-order valence-corrected chi connectivity index (χ2v) is 7.48. The van der Waals surface area contributed by atoms with Crippen molar-refractivity contribution in [2.75, 3.05) is 12.3 Å². The molecule has 0 bridgehead atoms. The molecule has 0 aliphatic heterocycles. The van der Waals surface area contributed by atoms with E-state index < -0.39 is 0 Å². The predicted octanol–water partition coefficient (Wildman–Crippen LogP) is 2.66. The fourth-order valence-electron chi connectivity index (χ4n) is 2.48. The van der Waals surface area contributed by atoms with Crippen LogP contribution in [0, 0.1) is 6.92 Å². The highest BCUT2D eigenvalue weighted by molar-refractivity contribution is 7.99. The van der Waals surface area contributed by atoms with Crippen molar-refractivity contribution in [1.29, 1.82) is 0 Å². The van der Waals surface area contributed by atoms with Crippen molar-refractivity contribution in [3.05, 3.63) is 69.1 Å². The lowest BCUT2D eigenvalue weighted by molar-refractivity contribution is -0.118. The lowest BCUT2D eigenvalue weighted by Gasteiger charge is -2.05. The summed E-state index contributed by atoms with van der Waals surface area (Å²) in [5.41, 5.74) is 2.76. The molecule has 0 unspecified atom stereocenters. The van der Waals surface area contributed by atoms with Crippen molar-refractivity contribution >= 4 is 34.0 Å². The van der Waals surface area contributed by atoms with Crippen molar-refractivity contribution in [3.8, 4) is 0 Å². The first-order valence-electron chi connectivity index (χ1n) is 7.98. The number of hydrogen-bond donors (Lipinski definition) is 1. The number of hydrogen-bond acceptors (Lipinski definition) is 5. The maximum absolute atomic E-state index is 12.1. The minimum atomic E-state index is -0.0662. The Hall–Kier alpha value is -2.12. The van der Waals surface area contributed by atoms with Gasteiger partial charge in [-0.1, -0.05) is 30.3 Å². The zero-order chi connectivity index (χ0) is 17.6. The third-order valence-corrected chi connectivity index (χ3v) is 5.53. The van der Waals surface area contributed by atoms with Crippen LogP contribution in [0.15, 0.2) is 46.6 Å². The SMILES string of the molecule is Cc1cc(=O)n2c(CCNC(=O)CSCc3ccccc3)csc2n1. The van der Waals surface area contributed by atoms with Crippen LogP contribution in [0.2, 0.25) is 0 Å². The number of benzene rings is 1. The minimum Gasteiger partial charge on any atom is -0.355 e. The van der Waals surface area contributed by atoms with E-state index in [1.54, 1.807) is 16.2 Å². The highest BCUT2D eigenvalue weighted by atomic mass is 32.2. The van der Waals surface area contributed by atoms with E-state index in [4.69, 9.17) is 0 Å². The second-order valence-electron chi connectivity index (χ2n) is 5.66. The third kappa shape index (κ3) is 4.70. The summed E-state index contributed by atoms with van der Waals surface area (Å²) in [5.74, 6) is 1.27. The van der Waals surface area contributed by atoms with Crippen molar-refractivity contribution in [3.63, 3.8) is 0 Å². The molecule has 0 spiro atoms. The maximum Gasteiger partial charge on any atom is 0.258 e. The molecule has 5 nitrogen and oxygen atoms in total. The van der Waals surface area contributed by atoms with E-state index in [-0.39, 0.29) is 11.5 Å². The van der Waals surface area contributed by atoms with Gasteiger partial charge in [-0.2, -0.15) is 0 Å². The van der Waals surface area contributed by atoms with Gasteiger partial charge in [-0.3, -0.25) is 14.0 Å². The molecule has 1 aromatic carbocycles. The van der Waals surface area contributed by atoms with E-state index in [1.807, 2.05) is 30.5 Å². The maximum atomic E-state index is 12.1. The summed E-state index contributed by atoms with van der Waals surface area (Å²) in [6, 6.07) is 11.6. The highest BCUT2D eigenvalue weighted by Gasteiger charge is 2.08. The van der Waals surface area contributed by atoms with Crippen LogP contribution in [0.1, 0.15) is 17.0 Å². The smallest absolute Gasteiger partial charge is 0.258 e. The van der Waals surface area contributed by atoms with Gasteiger partial charge in [-0.25, -0.2) is 4.98 Å². The van der Waals surface area contributed by atoms with Crippen LogP contribution < -0.4 is 10.9 Å². The molecule has 0 saturated heterocycles. The van der Waals surface area contributed by atoms with Gasteiger partial charge in [0.1, 0.15) is 0 Å². The second kappa shape index (κ2) is 8.31. The summed E-state index contributed by atoms with van der Waals surface area (Å²) in [6.45, 7) is 2.32. The van der Waals surface area contributed by atoms with Gasteiger partial charge >= 0.3 is 0 Å². The van der Waals surface area contributed by atoms with Gasteiger partial charge in [-0.15, -0.1) is 23.1 Å². The van der Waals surface area contributed by atoms with Crippen LogP contribution in [0.3, 0.4) is 0 Å². The Morgan fingerprint density at radius 2 is 2.12 bits per heavy atom. The quantitative estimate of drug-likeness (QED) is 0.692. The lowest BCUT2D eigenvalue weighted by Crippen LogP contribution is -2.28. The molecule has 2 aromatic heterocycles. The fraction of sp³-hybridized carbons (Fsp3) is 0.278. The molecule has 0 radical (unpaired) electrons. The zero-order valence-corrected chi connectivity index (χ0v) is 15.5. The molecule has 0 aliphatic carbocycles. The van der Waals surface area contributed by atoms with E-state index >= 15 is 0 Å². The predicted molar refractivity (Wildman–Crippen MR) is 103 cm³/mol. The molecule has 2 heterocycles. The summed E-state index contributed by atoms with van der Waals surface area (Å²) < 4.78 is 1.62. The number of thiazole rings is 1. The highest BCUT2D eigenvalue weighted by Crippen LogP contribution is 2.13. The van der Waals surface area contributed by atoms with Crippen LogP contribution in [-0.4, -0.2) is 27.6 Å². The average Bonchev–Trinajstić information content (AvgIpc) is 2.99. The number of carbonyl (C=O) groups is 1. The Kier molecular flexibility index (Phi) is 5.88. The van der Waals surface area contributed by atoms with Crippen LogP contribution in [0.25, 0.3) is 4.96 Å². The summed E-state index contributed by atoms with van der Waals surface area (Å²) in [6.07, 6.45) is 0.611. The first-order chi connectivity index (χ1) is 12.1. The molecule has 0 fully saturated rings. The van der Waals surface area contributed by atoms with Crippen LogP contribution in [0.5, 0.6) is 0 Å². The van der Waals surface area contributed by atoms with E-state index in [1.165, 1.54) is 23.0 Å². The number of rotatable bonds is 7. The molecule has 1 amide bonds. The van der Waals surface area contributed by atoms with E-state index in [9.17, 15) is 9.59 Å². The molecule has 3 aromatic rings. The summed E-state index contributed by atoms with van der Waals surface area (Å²) in [5, 5.41) is 4.84. The Bertz CT molecular complexity index is 919. The number of aromatic nitrogens is 2. The first kappa shape index (κ1) is 17.7. The van der Waals surface area contributed by atoms with Crippen molar-refractivity contribution in [2.24, 2.45) is 0 Å². The summed E-state index contributed by atoms with van der Waals surface area (Å²) >= 11 is 3.04. The van der Waals surface area contributed by atoms with E-state index in [2.05, 4.69) is 22.4 Å². The van der Waals surface area contributed by atoms with Gasteiger partial charge in [0.2, 0.25) is 5.91 Å². The molecule has 7 heteroatoms. The molecular weight excluding hydrogens is 354 g/mol. The van der Waals surface area contributed by atoms with Gasteiger partial charge in [0, 0.05) is 41.6 Å². The Morgan fingerprint density at radius 1 is 1.32 bits per heavy atom. The van der Waals surface area contributed by atoms with Gasteiger partial charge in [0.25, 0.3) is 5.56 Å². The van der Waals surface area contributed by atoms with Crippen molar-refractivity contribution < 1.29 is 4.79 Å². The molecule has 3 rings (SSSR count). The van der Waals surface area contributed by atoms with Crippen LogP contribution >= 0.6 is 23.1 Å². The fourth-order valence-corrected chi connectivity index (χ4v) is 4.27. The van der Waals surface area contributed by atoms with E-state index in [0.717, 1.165) is 17.1 Å². The number of carbonyl (C=O) groups excluding carboxylic acids is 1. The Morgan fingerprint density at radius 3 is 2.92 bits per heavy atom. The third-order valence-electron chi connectivity index (χ3n) is 3.65. The molecular formula is C18H19N3O2S2. The minimum absolute atomic E-state index is 0.0155. The summed E-state index contributed by atoms with van der Waals surface area (Å²) in [4.78, 5) is 29.1. The van der Waals surface area contributed by atoms with E-state index in [0.29, 0.717) is 23.7 Å². The monoisotopic (exact) mass is 373 g/mol. The molecule has 1 N–H and O–H groups in total. The van der Waals surface area contributed by atoms with Crippen LogP contribution in [0.4, 0.5) is 0 Å². The molecule has 0 aliphatic rings. The standard InChI is InChI=1S/C18H19N3O2S2/c1-13-9-17(23)21-15(11-25-18(21)20-13)7-8-19-16(22)12-24-10-14-5-3-2-4-6-14/h2-6,9,11H,7-8,10,12H2,1H3,(H,19,22). The lowest BCUT2D eigenvalue weighted by atomic mass is 10.2. The van der Waals surface area contributed by atoms with Gasteiger partial charge in [0.05, 0.1) is 5.75 Å². The number of nitrogens with one attached hydrogen (secondary N) is 1. The van der Waals surface area contributed by atoms with Gasteiger partial charge in [0.15, 0.2) is 4.96 Å². The zero-order valence-electron chi connectivity index (χ0n) is 13.9. The Balaban J connectivity index is 1.46. The summed E-state index contributed by atoms with van der Waals surface area (Å²) in [7, 11) is 0. The number of amides is 1. The topological polar surface area (TPSA) is 63.5 Å². The van der Waals surface area contributed by atoms with Crippen molar-refractivity contribution in [2.45, 2.75) is 19.1 Å². The number of fused-ring (bicyclic) bond motifs is 1. The van der Waals surface area contributed by atoms with Gasteiger partial charge in [-0.05, 0) is 12.5 Å².